The molecule has 0 aliphatic carbocycles. The number of rotatable bonds is 15. The topological polar surface area (TPSA) is 175 Å². The van der Waals surface area contributed by atoms with E-state index >= 15 is 0 Å². The summed E-state index contributed by atoms with van der Waals surface area (Å²) in [5, 5.41) is 13.4. The van der Waals surface area contributed by atoms with E-state index in [1.165, 1.54) is 48.5 Å². The van der Waals surface area contributed by atoms with E-state index in [4.69, 9.17) is 32.7 Å². The van der Waals surface area contributed by atoms with Crippen LogP contribution in [0.4, 0.5) is 8.78 Å². The number of nitrogens with one attached hydrogen (secondary N) is 4. The Balaban J connectivity index is 0.000000209. The van der Waals surface area contributed by atoms with Gasteiger partial charge in [0.05, 0.1) is 11.1 Å². The largest absolute Gasteiger partial charge is 0.483 e. The van der Waals surface area contributed by atoms with Crippen molar-refractivity contribution in [2.45, 2.75) is 57.4 Å². The molecule has 0 radical (unpaired) electrons. The minimum absolute atomic E-state index is 0.0281. The van der Waals surface area contributed by atoms with E-state index in [9.17, 15) is 37.5 Å². The smallest absolute Gasteiger partial charge is 0.260 e. The summed E-state index contributed by atoms with van der Waals surface area (Å²) < 4.78 is 37.8. The van der Waals surface area contributed by atoms with Gasteiger partial charge in [0.2, 0.25) is 0 Å². The van der Waals surface area contributed by atoms with Gasteiger partial charge >= 0.3 is 0 Å². The van der Waals surface area contributed by atoms with Crippen molar-refractivity contribution in [3.05, 3.63) is 129 Å². The van der Waals surface area contributed by atoms with E-state index in [1.54, 1.807) is 46.2 Å². The second-order valence-corrected chi connectivity index (χ2v) is 19.2. The van der Waals surface area contributed by atoms with Crippen molar-refractivity contribution in [2.24, 2.45) is 17.8 Å². The number of nitrogens with zero attached hydrogens (tertiary/aromatic N) is 2. The lowest BCUT2D eigenvalue weighted by Gasteiger charge is -2.31. The Hall–Kier alpha value is -5.94. The summed E-state index contributed by atoms with van der Waals surface area (Å²) in [6.07, 6.45) is 5.86. The van der Waals surface area contributed by atoms with Gasteiger partial charge in [0.25, 0.3) is 23.6 Å². The van der Waals surface area contributed by atoms with Gasteiger partial charge < -0.3 is 40.5 Å². The van der Waals surface area contributed by atoms with E-state index in [2.05, 4.69) is 21.3 Å². The number of hydrogen-bond acceptors (Lipinski definition) is 10. The van der Waals surface area contributed by atoms with Crippen LogP contribution in [0.3, 0.4) is 0 Å². The SMILES string of the molecule is O=C(NC1CCNCC1)c1cc(Cl)ccc1OCC(=O)N1CCC(C(=O)c2ccc(F)cc2)CC1.O=C(NCC1CCNCC1)c1cc(Cl)ccc1OCC(=O)N1CCC(C(=O)c2ccc(F)cc2)CC1. The number of hydrogen-bond donors (Lipinski definition) is 4. The van der Waals surface area contributed by atoms with Crippen molar-refractivity contribution >= 4 is 58.4 Å². The number of carbonyl (C=O) groups excluding carboxylic acids is 6. The molecule has 0 bridgehead atoms. The molecule has 0 atom stereocenters. The number of piperidine rings is 4. The first-order valence-corrected chi connectivity index (χ1v) is 25.1. The van der Waals surface area contributed by atoms with Crippen LogP contribution in [0.2, 0.25) is 10.0 Å². The highest BCUT2D eigenvalue weighted by molar-refractivity contribution is 6.31. The molecule has 4 heterocycles. The highest BCUT2D eigenvalue weighted by atomic mass is 35.5. The summed E-state index contributed by atoms with van der Waals surface area (Å²) >= 11 is 12.2. The second-order valence-electron chi connectivity index (χ2n) is 18.3. The third kappa shape index (κ3) is 15.3. The zero-order valence-electron chi connectivity index (χ0n) is 39.5. The van der Waals surface area contributed by atoms with Crippen LogP contribution in [-0.2, 0) is 9.59 Å². The van der Waals surface area contributed by atoms with Crippen molar-refractivity contribution in [1.29, 1.82) is 0 Å². The zero-order valence-corrected chi connectivity index (χ0v) is 41.0. The average Bonchev–Trinajstić information content (AvgIpc) is 3.40. The molecule has 4 amide bonds. The van der Waals surface area contributed by atoms with E-state index in [0.29, 0.717) is 108 Å². The molecule has 0 spiro atoms. The van der Waals surface area contributed by atoms with Crippen molar-refractivity contribution in [3.8, 4) is 11.5 Å². The van der Waals surface area contributed by atoms with E-state index in [-0.39, 0.29) is 77.9 Å². The van der Waals surface area contributed by atoms with Crippen LogP contribution in [0, 0.1) is 29.4 Å². The van der Waals surface area contributed by atoms with Gasteiger partial charge in [0, 0.05) is 71.8 Å². The molecule has 378 valence electrons. The number of Topliss-reactive ketones (excluding diaryl/α,β-unsaturated/α-hetero) is 2. The molecule has 4 fully saturated rings. The lowest BCUT2D eigenvalue weighted by molar-refractivity contribution is -0.135. The Morgan fingerprint density at radius 2 is 0.958 bits per heavy atom. The van der Waals surface area contributed by atoms with Gasteiger partial charge in [0.15, 0.2) is 24.8 Å². The van der Waals surface area contributed by atoms with Gasteiger partial charge in [-0.25, -0.2) is 8.78 Å². The number of amides is 4. The normalized spacial score (nSPS) is 17.1. The van der Waals surface area contributed by atoms with Gasteiger partial charge in [-0.05, 0) is 168 Å². The van der Waals surface area contributed by atoms with Gasteiger partial charge in [0.1, 0.15) is 23.1 Å². The fourth-order valence-electron chi connectivity index (χ4n) is 9.20. The average molecular weight is 1020 g/mol. The maximum atomic E-state index is 13.1. The number of benzene rings is 4. The molecule has 0 saturated carbocycles. The van der Waals surface area contributed by atoms with Gasteiger partial charge in [-0.1, -0.05) is 23.2 Å². The summed E-state index contributed by atoms with van der Waals surface area (Å²) in [5.74, 6) is -1.16. The fourth-order valence-corrected chi connectivity index (χ4v) is 9.55. The zero-order chi connectivity index (χ0) is 50.3. The van der Waals surface area contributed by atoms with Crippen LogP contribution < -0.4 is 30.7 Å². The molecular formula is C53H60Cl2F2N6O8. The minimum atomic E-state index is -0.380. The van der Waals surface area contributed by atoms with Crippen LogP contribution in [0.1, 0.15) is 92.8 Å². The molecule has 4 saturated heterocycles. The third-order valence-electron chi connectivity index (χ3n) is 13.5. The van der Waals surface area contributed by atoms with Crippen molar-refractivity contribution in [3.63, 3.8) is 0 Å². The number of ether oxygens (including phenoxy) is 2. The van der Waals surface area contributed by atoms with Gasteiger partial charge in [-0.3, -0.25) is 28.8 Å². The van der Waals surface area contributed by atoms with E-state index < -0.39 is 0 Å². The van der Waals surface area contributed by atoms with E-state index in [1.807, 2.05) is 0 Å². The lowest BCUT2D eigenvalue weighted by Crippen LogP contribution is -2.43. The number of likely N-dealkylation sites (tertiary alicyclic amines) is 2. The summed E-state index contributed by atoms with van der Waals surface area (Å²) in [7, 11) is 0. The Kier molecular flexibility index (Phi) is 19.3. The third-order valence-corrected chi connectivity index (χ3v) is 13.9. The number of ketones is 2. The molecule has 4 N–H and O–H groups in total. The first-order chi connectivity index (χ1) is 34.3. The first-order valence-electron chi connectivity index (χ1n) is 24.3. The van der Waals surface area contributed by atoms with Crippen molar-refractivity contribution in [1.82, 2.24) is 31.1 Å². The molecule has 4 aliphatic rings. The Bertz CT molecular complexity index is 2490. The lowest BCUT2D eigenvalue weighted by atomic mass is 9.89. The van der Waals surface area contributed by atoms with Crippen LogP contribution in [0.15, 0.2) is 84.9 Å². The van der Waals surface area contributed by atoms with Crippen molar-refractivity contribution < 1.29 is 47.0 Å². The van der Waals surface area contributed by atoms with Crippen LogP contribution >= 0.6 is 23.2 Å². The molecule has 71 heavy (non-hydrogen) atoms. The van der Waals surface area contributed by atoms with Crippen LogP contribution in [0.5, 0.6) is 11.5 Å². The number of carbonyl (C=O) groups is 6. The highest BCUT2D eigenvalue weighted by Crippen LogP contribution is 2.28. The number of halogens is 4. The molecule has 18 heteroatoms. The summed E-state index contributed by atoms with van der Waals surface area (Å²) in [4.78, 5) is 79.9. The molecule has 4 aromatic rings. The molecule has 4 aliphatic heterocycles. The highest BCUT2D eigenvalue weighted by Gasteiger charge is 2.30. The predicted octanol–water partition coefficient (Wildman–Crippen LogP) is 7.17. The molecule has 8 rings (SSSR count). The van der Waals surface area contributed by atoms with E-state index in [0.717, 1.165) is 51.9 Å². The molecular weight excluding hydrogens is 958 g/mol. The summed E-state index contributed by atoms with van der Waals surface area (Å²) in [6, 6.07) is 20.7. The summed E-state index contributed by atoms with van der Waals surface area (Å²) in [6.45, 7) is 5.49. The molecule has 0 aromatic heterocycles. The van der Waals surface area contributed by atoms with Crippen LogP contribution in [0.25, 0.3) is 0 Å². The maximum absolute atomic E-state index is 13.1. The fraction of sp³-hybridized carbons (Fsp3) is 0.434. The Morgan fingerprint density at radius 3 is 1.39 bits per heavy atom. The molecule has 0 unspecified atom stereocenters. The summed E-state index contributed by atoms with van der Waals surface area (Å²) in [5.41, 5.74) is 1.57. The van der Waals surface area contributed by atoms with Crippen LogP contribution in [-0.4, -0.2) is 123 Å². The second kappa shape index (κ2) is 26.0. The standard InChI is InChI=1S/C27H31ClFN3O4.C26H29ClFN3O4/c28-21-3-6-24(23(15-21)27(35)31-16-18-7-11-30-12-8-18)36-17-25(33)32-13-9-20(10-14-32)26(34)19-1-4-22(29)5-2-19;27-19-3-6-23(22(15-19)26(34)30-21-7-11-29-12-8-21)35-16-24(32)31-13-9-18(10-14-31)25(33)17-1-4-20(28)5-2-17/h1-6,15,18,20,30H,7-14,16-17H2,(H,31,35);1-6,15,18,21,29H,7-14,16H2,(H,30,34). The molecule has 4 aromatic carbocycles. The molecule has 14 nitrogen and oxygen atoms in total. The predicted molar refractivity (Wildman–Crippen MR) is 265 cm³/mol. The Labute approximate surface area is 422 Å². The maximum Gasteiger partial charge on any atom is 0.260 e. The Morgan fingerprint density at radius 1 is 0.549 bits per heavy atom. The van der Waals surface area contributed by atoms with Gasteiger partial charge in [-0.2, -0.15) is 0 Å². The first kappa shape index (κ1) is 52.9. The quantitative estimate of drug-likeness (QED) is 0.0895. The minimum Gasteiger partial charge on any atom is -0.483 e. The van der Waals surface area contributed by atoms with Crippen molar-refractivity contribution in [2.75, 3.05) is 72.1 Å². The van der Waals surface area contributed by atoms with Gasteiger partial charge in [-0.15, -0.1) is 0 Å². The monoisotopic (exact) mass is 1020 g/mol.